The largest absolute Gasteiger partial charge is 0.415 e. The Hall–Kier alpha value is -3.47. The monoisotopic (exact) mass is 507 g/mol. The van der Waals surface area contributed by atoms with Gasteiger partial charge in [0.05, 0.1) is 34.3 Å². The molecular weight excluding hydrogens is 478 g/mol. The van der Waals surface area contributed by atoms with E-state index in [0.717, 1.165) is 29.8 Å². The van der Waals surface area contributed by atoms with E-state index in [9.17, 15) is 8.42 Å². The summed E-state index contributed by atoms with van der Waals surface area (Å²) in [4.78, 5) is 9.40. The number of aryl methyl sites for hydroxylation is 1. The summed E-state index contributed by atoms with van der Waals surface area (Å²) in [5.74, 6) is 0.653. The van der Waals surface area contributed by atoms with Crippen molar-refractivity contribution in [2.45, 2.75) is 37.5 Å². The number of sulfone groups is 1. The van der Waals surface area contributed by atoms with Crippen molar-refractivity contribution in [3.63, 3.8) is 0 Å². The van der Waals surface area contributed by atoms with E-state index in [2.05, 4.69) is 25.5 Å². The van der Waals surface area contributed by atoms with Gasteiger partial charge in [-0.25, -0.2) is 13.4 Å². The van der Waals surface area contributed by atoms with Crippen LogP contribution >= 0.6 is 0 Å². The third-order valence-corrected chi connectivity index (χ3v) is 7.87. The zero-order chi connectivity index (χ0) is 25.7. The summed E-state index contributed by atoms with van der Waals surface area (Å²) >= 11 is 0. The Kier molecular flexibility index (Phi) is 7.88. The fourth-order valence-corrected chi connectivity index (χ4v) is 4.55. The van der Waals surface area contributed by atoms with Crippen molar-refractivity contribution in [1.82, 2.24) is 25.5 Å². The topological polar surface area (TPSA) is 120 Å². The number of rotatable bonds is 10. The summed E-state index contributed by atoms with van der Waals surface area (Å²) in [5.41, 5.74) is 4.37. The molecule has 4 rings (SSSR count). The van der Waals surface area contributed by atoms with E-state index in [-0.39, 0.29) is 10.8 Å². The predicted octanol–water partition coefficient (Wildman–Crippen LogP) is 4.09. The predicted molar refractivity (Wildman–Crippen MR) is 137 cm³/mol. The van der Waals surface area contributed by atoms with Gasteiger partial charge >= 0.3 is 0 Å². The molecule has 0 unspecified atom stereocenters. The van der Waals surface area contributed by atoms with Crippen LogP contribution in [0.15, 0.2) is 64.0 Å². The third kappa shape index (κ3) is 5.67. The molecule has 0 saturated heterocycles. The quantitative estimate of drug-likeness (QED) is 0.316. The van der Waals surface area contributed by atoms with Gasteiger partial charge in [-0.2, -0.15) is 0 Å². The third-order valence-electron chi connectivity index (χ3n) is 5.70. The molecule has 0 bridgehead atoms. The first kappa shape index (κ1) is 25.6. The SMILES string of the molecule is COCCNCc1ccc(-c2nnc(-c3nc(-c4ccc(S(=O)(=O)C(C)C)cc4)cnc3C)o2)cc1. The average Bonchev–Trinajstić information content (AvgIpc) is 3.37. The van der Waals surface area contributed by atoms with Crippen LogP contribution in [-0.4, -0.2) is 54.1 Å². The van der Waals surface area contributed by atoms with Gasteiger partial charge in [0.1, 0.15) is 5.69 Å². The van der Waals surface area contributed by atoms with Crippen molar-refractivity contribution in [2.24, 2.45) is 0 Å². The molecule has 10 heteroatoms. The van der Waals surface area contributed by atoms with E-state index in [1.165, 1.54) is 0 Å². The molecule has 2 heterocycles. The van der Waals surface area contributed by atoms with Crippen LogP contribution in [0.4, 0.5) is 0 Å². The highest BCUT2D eigenvalue weighted by molar-refractivity contribution is 7.92. The number of nitrogens with zero attached hydrogens (tertiary/aromatic N) is 4. The molecule has 36 heavy (non-hydrogen) atoms. The molecule has 0 fully saturated rings. The Bertz CT molecular complexity index is 1420. The Balaban J connectivity index is 1.54. The summed E-state index contributed by atoms with van der Waals surface area (Å²) < 4.78 is 35.8. The standard InChI is InChI=1S/C26H29N5O4S/c1-17(2)36(32,33)22-11-9-20(10-12-22)23-16-28-18(3)24(29-23)26-31-30-25(35-26)21-7-5-19(6-8-21)15-27-13-14-34-4/h5-12,16-17,27H,13-15H2,1-4H3. The number of aromatic nitrogens is 4. The van der Waals surface area contributed by atoms with Crippen molar-refractivity contribution in [3.05, 3.63) is 66.0 Å². The van der Waals surface area contributed by atoms with E-state index >= 15 is 0 Å². The number of hydrogen-bond donors (Lipinski definition) is 1. The van der Waals surface area contributed by atoms with Gasteiger partial charge in [0.25, 0.3) is 5.89 Å². The summed E-state index contributed by atoms with van der Waals surface area (Å²) in [6, 6.07) is 14.5. The minimum absolute atomic E-state index is 0.265. The first-order valence-electron chi connectivity index (χ1n) is 11.6. The van der Waals surface area contributed by atoms with Crippen molar-refractivity contribution in [1.29, 1.82) is 0 Å². The van der Waals surface area contributed by atoms with Crippen LogP contribution in [0.25, 0.3) is 34.3 Å². The lowest BCUT2D eigenvalue weighted by atomic mass is 10.1. The Morgan fingerprint density at radius 2 is 1.64 bits per heavy atom. The number of methoxy groups -OCH3 is 1. The van der Waals surface area contributed by atoms with Crippen molar-refractivity contribution in [2.75, 3.05) is 20.3 Å². The maximum absolute atomic E-state index is 12.4. The van der Waals surface area contributed by atoms with E-state index in [4.69, 9.17) is 9.15 Å². The van der Waals surface area contributed by atoms with Gasteiger partial charge in [0.2, 0.25) is 5.89 Å². The van der Waals surface area contributed by atoms with Gasteiger partial charge in [0.15, 0.2) is 9.84 Å². The van der Waals surface area contributed by atoms with E-state index in [1.54, 1.807) is 51.4 Å². The van der Waals surface area contributed by atoms with Crippen molar-refractivity contribution in [3.8, 4) is 34.3 Å². The zero-order valence-electron chi connectivity index (χ0n) is 20.7. The molecule has 0 radical (unpaired) electrons. The smallest absolute Gasteiger partial charge is 0.268 e. The lowest BCUT2D eigenvalue weighted by molar-refractivity contribution is 0.199. The van der Waals surface area contributed by atoms with Crippen LogP contribution in [0.2, 0.25) is 0 Å². The van der Waals surface area contributed by atoms with Gasteiger partial charge in [-0.05, 0) is 50.6 Å². The molecule has 0 aliphatic rings. The normalized spacial score (nSPS) is 11.8. The summed E-state index contributed by atoms with van der Waals surface area (Å²) in [6.07, 6.45) is 1.64. The summed E-state index contributed by atoms with van der Waals surface area (Å²) in [7, 11) is -1.67. The van der Waals surface area contributed by atoms with E-state index in [0.29, 0.717) is 29.6 Å². The fraction of sp³-hybridized carbons (Fsp3) is 0.308. The number of hydrogen-bond acceptors (Lipinski definition) is 9. The Labute approximate surface area is 210 Å². The van der Waals surface area contributed by atoms with Gasteiger partial charge in [0, 0.05) is 31.3 Å². The van der Waals surface area contributed by atoms with Crippen LogP contribution in [0.5, 0.6) is 0 Å². The maximum Gasteiger partial charge on any atom is 0.268 e. The van der Waals surface area contributed by atoms with Gasteiger partial charge in [-0.3, -0.25) is 4.98 Å². The van der Waals surface area contributed by atoms with Gasteiger partial charge in [-0.15, -0.1) is 10.2 Å². The first-order valence-corrected chi connectivity index (χ1v) is 13.1. The van der Waals surface area contributed by atoms with Crippen LogP contribution in [0.3, 0.4) is 0 Å². The molecule has 9 nitrogen and oxygen atoms in total. The Morgan fingerprint density at radius 1 is 0.972 bits per heavy atom. The number of nitrogens with one attached hydrogen (secondary N) is 1. The van der Waals surface area contributed by atoms with E-state index in [1.807, 2.05) is 31.2 Å². The number of ether oxygens (including phenoxy) is 1. The molecule has 0 aliphatic heterocycles. The highest BCUT2D eigenvalue weighted by Crippen LogP contribution is 2.27. The van der Waals surface area contributed by atoms with E-state index < -0.39 is 15.1 Å². The molecular formula is C26H29N5O4S. The minimum Gasteiger partial charge on any atom is -0.415 e. The molecule has 4 aromatic rings. The van der Waals surface area contributed by atoms with Crippen LogP contribution in [0, 0.1) is 6.92 Å². The van der Waals surface area contributed by atoms with Crippen molar-refractivity contribution < 1.29 is 17.6 Å². The van der Waals surface area contributed by atoms with Gasteiger partial charge < -0.3 is 14.5 Å². The fourth-order valence-electron chi connectivity index (χ4n) is 3.49. The molecule has 0 atom stereocenters. The van der Waals surface area contributed by atoms with Crippen LogP contribution < -0.4 is 5.32 Å². The van der Waals surface area contributed by atoms with Crippen LogP contribution in [-0.2, 0) is 21.1 Å². The molecule has 2 aromatic heterocycles. The lowest BCUT2D eigenvalue weighted by Gasteiger charge is -2.09. The Morgan fingerprint density at radius 3 is 2.31 bits per heavy atom. The second-order valence-corrected chi connectivity index (χ2v) is 11.1. The average molecular weight is 508 g/mol. The highest BCUT2D eigenvalue weighted by atomic mass is 32.2. The summed E-state index contributed by atoms with van der Waals surface area (Å²) in [6.45, 7) is 7.33. The summed E-state index contributed by atoms with van der Waals surface area (Å²) in [5, 5.41) is 11.2. The van der Waals surface area contributed by atoms with Gasteiger partial charge in [-0.1, -0.05) is 24.3 Å². The second-order valence-electron chi connectivity index (χ2n) is 8.59. The molecule has 0 saturated carbocycles. The highest BCUT2D eigenvalue weighted by Gasteiger charge is 2.20. The first-order chi connectivity index (χ1) is 17.3. The lowest BCUT2D eigenvalue weighted by Crippen LogP contribution is -2.18. The molecule has 0 amide bonds. The zero-order valence-corrected chi connectivity index (χ0v) is 21.5. The molecule has 1 N–H and O–H groups in total. The molecule has 188 valence electrons. The van der Waals surface area contributed by atoms with Crippen molar-refractivity contribution >= 4 is 9.84 Å². The molecule has 2 aromatic carbocycles. The molecule has 0 aliphatic carbocycles. The minimum atomic E-state index is -3.35. The molecule has 0 spiro atoms. The van der Waals surface area contributed by atoms with Crippen LogP contribution in [0.1, 0.15) is 25.1 Å². The second kappa shape index (κ2) is 11.1. The number of benzene rings is 2. The maximum atomic E-state index is 12.4.